The zero-order valence-corrected chi connectivity index (χ0v) is 19.0. The second-order valence-corrected chi connectivity index (χ2v) is 10.3. The molecular formula is C20H23N5O6S. The number of carbonyl (C=O) groups is 2. The first-order valence-electron chi connectivity index (χ1n) is 9.47. The molecule has 0 saturated carbocycles. The van der Waals surface area contributed by atoms with Gasteiger partial charge in [0.15, 0.2) is 21.2 Å². The summed E-state index contributed by atoms with van der Waals surface area (Å²) >= 11 is 0. The number of hydrogen-bond acceptors (Lipinski definition) is 9. The predicted octanol–water partition coefficient (Wildman–Crippen LogP) is 2.02. The van der Waals surface area contributed by atoms with Gasteiger partial charge in [-0.05, 0) is 39.8 Å². The quantitative estimate of drug-likeness (QED) is 0.538. The lowest BCUT2D eigenvalue weighted by atomic mass is 9.90. The SMILES string of the molecule is CC(C)(C)OC(=O)N(O)C1(C)C(=O)N(c2cnccn2)N=C1c1ccc(S(C)(=O)=O)cc1. The van der Waals surface area contributed by atoms with Gasteiger partial charge in [-0.2, -0.15) is 15.2 Å². The third kappa shape index (κ3) is 4.32. The lowest BCUT2D eigenvalue weighted by Gasteiger charge is -2.33. The average Bonchev–Trinajstić information content (AvgIpc) is 2.98. The third-order valence-corrected chi connectivity index (χ3v) is 5.71. The fourth-order valence-corrected chi connectivity index (χ4v) is 3.61. The Labute approximate surface area is 185 Å². The molecule has 3 rings (SSSR count). The van der Waals surface area contributed by atoms with Crippen LogP contribution in [0.2, 0.25) is 0 Å². The van der Waals surface area contributed by atoms with Gasteiger partial charge in [0.05, 0.1) is 11.1 Å². The summed E-state index contributed by atoms with van der Waals surface area (Å²) < 4.78 is 28.8. The van der Waals surface area contributed by atoms with Gasteiger partial charge in [-0.1, -0.05) is 12.1 Å². The van der Waals surface area contributed by atoms with E-state index in [0.717, 1.165) is 11.3 Å². The van der Waals surface area contributed by atoms with Gasteiger partial charge in [0, 0.05) is 24.2 Å². The molecule has 1 aliphatic rings. The Morgan fingerprint density at radius 1 is 1.19 bits per heavy atom. The molecule has 12 heteroatoms. The number of hydroxylamine groups is 2. The van der Waals surface area contributed by atoms with Gasteiger partial charge in [-0.15, -0.1) is 0 Å². The monoisotopic (exact) mass is 461 g/mol. The Hall–Kier alpha value is -3.38. The second-order valence-electron chi connectivity index (χ2n) is 8.29. The Balaban J connectivity index is 2.12. The highest BCUT2D eigenvalue weighted by molar-refractivity contribution is 7.90. The molecule has 0 fully saturated rings. The predicted molar refractivity (Wildman–Crippen MR) is 114 cm³/mol. The van der Waals surface area contributed by atoms with Crippen LogP contribution in [0.1, 0.15) is 33.3 Å². The summed E-state index contributed by atoms with van der Waals surface area (Å²) in [4.78, 5) is 34.0. The van der Waals surface area contributed by atoms with Gasteiger partial charge >= 0.3 is 6.09 Å². The fraction of sp³-hybridized carbons (Fsp3) is 0.350. The van der Waals surface area contributed by atoms with Crippen molar-refractivity contribution in [1.82, 2.24) is 15.0 Å². The number of amides is 2. The summed E-state index contributed by atoms with van der Waals surface area (Å²) in [5.74, 6) is -0.711. The topological polar surface area (TPSA) is 142 Å². The highest BCUT2D eigenvalue weighted by Crippen LogP contribution is 2.33. The van der Waals surface area contributed by atoms with Crippen molar-refractivity contribution in [3.8, 4) is 0 Å². The van der Waals surface area contributed by atoms with E-state index in [0.29, 0.717) is 5.56 Å². The number of benzene rings is 1. The molecule has 2 heterocycles. The minimum Gasteiger partial charge on any atom is -0.442 e. The molecule has 11 nitrogen and oxygen atoms in total. The Kier molecular flexibility index (Phi) is 5.78. The van der Waals surface area contributed by atoms with E-state index in [1.54, 1.807) is 20.8 Å². The molecule has 2 aromatic rings. The number of rotatable bonds is 4. The van der Waals surface area contributed by atoms with Gasteiger partial charge in [-0.25, -0.2) is 18.2 Å². The number of carbonyl (C=O) groups excluding carboxylic acids is 2. The molecule has 1 N–H and O–H groups in total. The molecule has 0 saturated heterocycles. The van der Waals surface area contributed by atoms with Crippen LogP contribution in [0, 0.1) is 0 Å². The number of nitrogens with zero attached hydrogens (tertiary/aromatic N) is 5. The standard InChI is InChI=1S/C20H23N5O6S/c1-19(2,3)31-18(27)25(28)20(4)16(13-6-8-14(9-7-13)32(5,29)30)23-24(17(20)26)15-12-21-10-11-22-15/h6-12,28H,1-5H3. The maximum Gasteiger partial charge on any atom is 0.435 e. The molecule has 1 aliphatic heterocycles. The van der Waals surface area contributed by atoms with E-state index in [-0.39, 0.29) is 21.5 Å². The first kappa shape index (κ1) is 23.3. The number of anilines is 1. The highest BCUT2D eigenvalue weighted by atomic mass is 32.2. The lowest BCUT2D eigenvalue weighted by Crippen LogP contribution is -2.59. The normalized spacial score (nSPS) is 19.0. The smallest absolute Gasteiger partial charge is 0.435 e. The van der Waals surface area contributed by atoms with Crippen molar-refractivity contribution in [2.75, 3.05) is 11.3 Å². The van der Waals surface area contributed by atoms with Crippen LogP contribution in [0.4, 0.5) is 10.6 Å². The summed E-state index contributed by atoms with van der Waals surface area (Å²) in [5, 5.41) is 16.2. The summed E-state index contributed by atoms with van der Waals surface area (Å²) in [7, 11) is -3.46. The van der Waals surface area contributed by atoms with Crippen LogP contribution in [0.25, 0.3) is 0 Å². The van der Waals surface area contributed by atoms with Crippen LogP contribution in [0.3, 0.4) is 0 Å². The van der Waals surface area contributed by atoms with E-state index in [1.807, 2.05) is 0 Å². The summed E-state index contributed by atoms with van der Waals surface area (Å²) in [6.45, 7) is 6.14. The van der Waals surface area contributed by atoms with E-state index >= 15 is 0 Å². The molecular weight excluding hydrogens is 438 g/mol. The van der Waals surface area contributed by atoms with Crippen molar-refractivity contribution in [3.05, 3.63) is 48.4 Å². The van der Waals surface area contributed by atoms with Gasteiger partial charge < -0.3 is 4.74 Å². The third-order valence-electron chi connectivity index (χ3n) is 4.58. The maximum atomic E-state index is 13.4. The second kappa shape index (κ2) is 7.95. The summed E-state index contributed by atoms with van der Waals surface area (Å²) in [6, 6.07) is 5.56. The van der Waals surface area contributed by atoms with Gasteiger partial charge in [0.25, 0.3) is 5.91 Å². The Morgan fingerprint density at radius 2 is 1.81 bits per heavy atom. The van der Waals surface area contributed by atoms with Crippen LogP contribution in [-0.2, 0) is 19.4 Å². The van der Waals surface area contributed by atoms with Crippen molar-refractivity contribution in [1.29, 1.82) is 0 Å². The summed E-state index contributed by atoms with van der Waals surface area (Å²) in [5.41, 5.74) is -2.63. The number of ether oxygens (including phenoxy) is 1. The molecule has 0 spiro atoms. The molecule has 0 radical (unpaired) electrons. The Morgan fingerprint density at radius 3 is 2.31 bits per heavy atom. The van der Waals surface area contributed by atoms with Gasteiger partial charge in [-0.3, -0.25) is 15.0 Å². The van der Waals surface area contributed by atoms with E-state index in [2.05, 4.69) is 15.1 Å². The van der Waals surface area contributed by atoms with Crippen LogP contribution >= 0.6 is 0 Å². The van der Waals surface area contributed by atoms with Crippen molar-refractivity contribution in [3.63, 3.8) is 0 Å². The first-order chi connectivity index (χ1) is 14.7. The van der Waals surface area contributed by atoms with Crippen LogP contribution in [0.5, 0.6) is 0 Å². The lowest BCUT2D eigenvalue weighted by molar-refractivity contribution is -0.154. The summed E-state index contributed by atoms with van der Waals surface area (Å²) in [6.07, 6.45) is 3.98. The van der Waals surface area contributed by atoms with E-state index < -0.39 is 33.0 Å². The molecule has 2 amide bonds. The highest BCUT2D eigenvalue weighted by Gasteiger charge is 2.56. The number of sulfone groups is 1. The van der Waals surface area contributed by atoms with Crippen LogP contribution in [-0.4, -0.2) is 63.8 Å². The van der Waals surface area contributed by atoms with Gasteiger partial charge in [0.2, 0.25) is 0 Å². The number of hydrazone groups is 1. The van der Waals surface area contributed by atoms with Crippen LogP contribution in [0.15, 0.2) is 52.9 Å². The fourth-order valence-electron chi connectivity index (χ4n) is 2.98. The van der Waals surface area contributed by atoms with Crippen molar-refractivity contribution >= 4 is 33.4 Å². The van der Waals surface area contributed by atoms with Crippen LogP contribution < -0.4 is 5.01 Å². The first-order valence-corrected chi connectivity index (χ1v) is 11.4. The molecule has 1 aromatic carbocycles. The minimum absolute atomic E-state index is 0.0124. The Bertz CT molecular complexity index is 1180. The molecule has 170 valence electrons. The largest absolute Gasteiger partial charge is 0.442 e. The number of hydrogen-bond donors (Lipinski definition) is 1. The van der Waals surface area contributed by atoms with E-state index in [4.69, 9.17) is 4.74 Å². The minimum atomic E-state index is -3.46. The van der Waals surface area contributed by atoms with E-state index in [1.165, 1.54) is 49.8 Å². The van der Waals surface area contributed by atoms with Gasteiger partial charge in [0.1, 0.15) is 11.3 Å². The molecule has 1 atom stereocenters. The molecule has 0 bridgehead atoms. The maximum absolute atomic E-state index is 13.4. The molecule has 32 heavy (non-hydrogen) atoms. The zero-order chi connectivity index (χ0) is 23.9. The number of aromatic nitrogens is 2. The zero-order valence-electron chi connectivity index (χ0n) is 18.2. The van der Waals surface area contributed by atoms with Crippen molar-refractivity contribution in [2.24, 2.45) is 5.10 Å². The molecule has 1 unspecified atom stereocenters. The molecule has 0 aliphatic carbocycles. The molecule has 1 aromatic heterocycles. The van der Waals surface area contributed by atoms with Crippen molar-refractivity contribution in [2.45, 2.75) is 43.7 Å². The van der Waals surface area contributed by atoms with Crippen molar-refractivity contribution < 1.29 is 28.0 Å². The average molecular weight is 462 g/mol. The van der Waals surface area contributed by atoms with E-state index in [9.17, 15) is 23.2 Å².